The van der Waals surface area contributed by atoms with Crippen molar-refractivity contribution in [3.63, 3.8) is 0 Å². The van der Waals surface area contributed by atoms with Crippen molar-refractivity contribution in [3.05, 3.63) is 22.7 Å². The van der Waals surface area contributed by atoms with E-state index in [-0.39, 0.29) is 29.3 Å². The number of nitrogens with one attached hydrogen (secondary N) is 3. The van der Waals surface area contributed by atoms with Crippen molar-refractivity contribution in [1.29, 1.82) is 0 Å². The Bertz CT molecular complexity index is 753. The summed E-state index contributed by atoms with van der Waals surface area (Å²) in [4.78, 5) is 35.0. The number of thioether (sulfide) groups is 1. The fourth-order valence-corrected chi connectivity index (χ4v) is 3.10. The summed E-state index contributed by atoms with van der Waals surface area (Å²) in [6, 6.07) is 3.31. The molecule has 0 radical (unpaired) electrons. The molecule has 1 aromatic rings. The third kappa shape index (κ3) is 5.10. The van der Waals surface area contributed by atoms with E-state index in [4.69, 9.17) is 16.3 Å². The van der Waals surface area contributed by atoms with Crippen molar-refractivity contribution in [3.8, 4) is 5.75 Å². The van der Waals surface area contributed by atoms with E-state index in [0.717, 1.165) is 17.3 Å². The molecule has 8 nitrogen and oxygen atoms in total. The molecule has 1 aliphatic heterocycles. The number of amides is 3. The molecule has 1 atom stereocenters. The molecule has 0 bridgehead atoms. The zero-order valence-corrected chi connectivity index (χ0v) is 15.4. The van der Waals surface area contributed by atoms with E-state index in [1.54, 1.807) is 12.1 Å². The Hall–Kier alpha value is -2.26. The largest absolute Gasteiger partial charge is 0.495 e. The second-order valence-electron chi connectivity index (χ2n) is 5.23. The van der Waals surface area contributed by atoms with Gasteiger partial charge in [0.15, 0.2) is 5.17 Å². The lowest BCUT2D eigenvalue weighted by atomic mass is 10.2. The highest BCUT2D eigenvalue weighted by atomic mass is 35.5. The molecule has 2 rings (SSSR count). The minimum Gasteiger partial charge on any atom is -0.495 e. The number of amidine groups is 1. The van der Waals surface area contributed by atoms with E-state index < -0.39 is 5.25 Å². The predicted octanol–water partition coefficient (Wildman–Crippen LogP) is 1.62. The Morgan fingerprint density at radius 3 is 2.80 bits per heavy atom. The number of aryl methyl sites for hydroxylation is 1. The highest BCUT2D eigenvalue weighted by molar-refractivity contribution is 8.15. The Balaban J connectivity index is 2.01. The maximum absolute atomic E-state index is 12.2. The standard InChI is InChI=1S/C15H17ClN4O4S/c1-7-4-10(11(24-3)5-9(7)16)17-13(22)6-12-14(23)18-15(25-12)20-19-8(2)21/h4-5,12H,6H2,1-3H3,(H,17,22)(H,19,21)(H,18,20,23)/t12-/m0/s1. The maximum Gasteiger partial charge on any atom is 0.240 e. The molecule has 1 aliphatic rings. The number of carbonyl (C=O) groups is 3. The van der Waals surface area contributed by atoms with E-state index >= 15 is 0 Å². The number of halogens is 1. The number of hydrogen-bond donors (Lipinski definition) is 3. The van der Waals surface area contributed by atoms with Gasteiger partial charge in [-0.05, 0) is 18.6 Å². The van der Waals surface area contributed by atoms with Crippen LogP contribution in [0.15, 0.2) is 17.2 Å². The molecule has 1 saturated heterocycles. The van der Waals surface area contributed by atoms with Gasteiger partial charge in [0.2, 0.25) is 17.7 Å². The molecular weight excluding hydrogens is 368 g/mol. The first-order valence-electron chi connectivity index (χ1n) is 7.26. The second kappa shape index (κ2) is 8.21. The van der Waals surface area contributed by atoms with Gasteiger partial charge >= 0.3 is 0 Å². The molecule has 10 heteroatoms. The smallest absolute Gasteiger partial charge is 0.240 e. The van der Waals surface area contributed by atoms with Gasteiger partial charge in [-0.15, -0.1) is 5.10 Å². The summed E-state index contributed by atoms with van der Waals surface area (Å²) in [6.45, 7) is 3.11. The lowest BCUT2D eigenvalue weighted by molar-refractivity contribution is -0.122. The SMILES string of the molecule is COc1cc(Cl)c(C)cc1NC(=O)C[C@@H]1S/C(=N/NC(C)=O)NC1=O. The van der Waals surface area contributed by atoms with Gasteiger partial charge in [0.05, 0.1) is 12.8 Å². The van der Waals surface area contributed by atoms with Gasteiger partial charge < -0.3 is 15.4 Å². The molecule has 0 spiro atoms. The summed E-state index contributed by atoms with van der Waals surface area (Å²) in [5.74, 6) is -0.619. The zero-order valence-electron chi connectivity index (χ0n) is 13.8. The third-order valence-corrected chi connectivity index (χ3v) is 4.71. The van der Waals surface area contributed by atoms with Crippen LogP contribution in [-0.4, -0.2) is 35.2 Å². The summed E-state index contributed by atoms with van der Waals surface area (Å²) in [5, 5.41) is 9.11. The molecular formula is C15H17ClN4O4S. The molecule has 134 valence electrons. The lowest BCUT2D eigenvalue weighted by Gasteiger charge is -2.13. The molecule has 1 heterocycles. The van der Waals surface area contributed by atoms with E-state index in [1.807, 2.05) is 6.92 Å². The average Bonchev–Trinajstić information content (AvgIpc) is 2.88. The van der Waals surface area contributed by atoms with Crippen LogP contribution >= 0.6 is 23.4 Å². The van der Waals surface area contributed by atoms with Crippen LogP contribution in [0.25, 0.3) is 0 Å². The van der Waals surface area contributed by atoms with E-state index in [9.17, 15) is 14.4 Å². The fraction of sp³-hybridized carbons (Fsp3) is 0.333. The van der Waals surface area contributed by atoms with Crippen LogP contribution in [-0.2, 0) is 14.4 Å². The van der Waals surface area contributed by atoms with Crippen LogP contribution in [0.5, 0.6) is 5.75 Å². The third-order valence-electron chi connectivity index (χ3n) is 3.22. The average molecular weight is 385 g/mol. The van der Waals surface area contributed by atoms with Gasteiger partial charge in [0, 0.05) is 24.4 Å². The van der Waals surface area contributed by atoms with Crippen molar-refractivity contribution >= 4 is 51.9 Å². The van der Waals surface area contributed by atoms with Crippen LogP contribution in [0.3, 0.4) is 0 Å². The minimum absolute atomic E-state index is 0.0551. The van der Waals surface area contributed by atoms with Crippen LogP contribution in [0.4, 0.5) is 5.69 Å². The van der Waals surface area contributed by atoms with Crippen LogP contribution < -0.4 is 20.8 Å². The number of carbonyl (C=O) groups excluding carboxylic acids is 3. The summed E-state index contributed by atoms with van der Waals surface area (Å²) in [7, 11) is 1.47. The monoisotopic (exact) mass is 384 g/mol. The number of hydrogen-bond acceptors (Lipinski definition) is 6. The first kappa shape index (κ1) is 19.1. The zero-order chi connectivity index (χ0) is 18.6. The molecule has 0 saturated carbocycles. The Labute approximate surface area is 153 Å². The summed E-state index contributed by atoms with van der Waals surface area (Å²) in [6.07, 6.45) is -0.0551. The second-order valence-corrected chi connectivity index (χ2v) is 6.83. The first-order valence-corrected chi connectivity index (χ1v) is 8.51. The molecule has 3 amide bonds. The van der Waals surface area contributed by atoms with E-state index in [2.05, 4.69) is 21.2 Å². The number of rotatable bonds is 5. The van der Waals surface area contributed by atoms with Gasteiger partial charge in [-0.25, -0.2) is 5.43 Å². The minimum atomic E-state index is -0.632. The summed E-state index contributed by atoms with van der Waals surface area (Å²) < 4.78 is 5.20. The fourth-order valence-electron chi connectivity index (χ4n) is 2.02. The number of hydrazone groups is 1. The normalized spacial score (nSPS) is 18.0. The topological polar surface area (TPSA) is 109 Å². The van der Waals surface area contributed by atoms with E-state index in [0.29, 0.717) is 16.5 Å². The van der Waals surface area contributed by atoms with Crippen molar-refractivity contribution in [2.24, 2.45) is 5.10 Å². The Kier molecular flexibility index (Phi) is 6.27. The number of ether oxygens (including phenoxy) is 1. The molecule has 0 unspecified atom stereocenters. The number of benzene rings is 1. The van der Waals surface area contributed by atoms with Gasteiger partial charge in [-0.2, -0.15) is 0 Å². The predicted molar refractivity (Wildman–Crippen MR) is 96.8 cm³/mol. The van der Waals surface area contributed by atoms with Crippen LogP contribution in [0.2, 0.25) is 5.02 Å². The van der Waals surface area contributed by atoms with Crippen molar-refractivity contribution < 1.29 is 19.1 Å². The molecule has 25 heavy (non-hydrogen) atoms. The number of methoxy groups -OCH3 is 1. The molecule has 1 fully saturated rings. The van der Waals surface area contributed by atoms with Crippen LogP contribution in [0, 0.1) is 6.92 Å². The molecule has 3 N–H and O–H groups in total. The quantitative estimate of drug-likeness (QED) is 0.668. The maximum atomic E-state index is 12.2. The molecule has 0 aliphatic carbocycles. The molecule has 0 aromatic heterocycles. The van der Waals surface area contributed by atoms with Gasteiger partial charge in [-0.3, -0.25) is 14.4 Å². The summed E-state index contributed by atoms with van der Waals surface area (Å²) >= 11 is 7.11. The highest BCUT2D eigenvalue weighted by Gasteiger charge is 2.32. The van der Waals surface area contributed by atoms with Gasteiger partial charge in [0.1, 0.15) is 11.0 Å². The van der Waals surface area contributed by atoms with Crippen LogP contribution in [0.1, 0.15) is 18.9 Å². The van der Waals surface area contributed by atoms with Gasteiger partial charge in [0.25, 0.3) is 0 Å². The van der Waals surface area contributed by atoms with Crippen molar-refractivity contribution in [1.82, 2.24) is 10.7 Å². The van der Waals surface area contributed by atoms with Crippen molar-refractivity contribution in [2.45, 2.75) is 25.5 Å². The summed E-state index contributed by atoms with van der Waals surface area (Å²) in [5.41, 5.74) is 3.50. The number of anilines is 1. The van der Waals surface area contributed by atoms with Gasteiger partial charge in [-0.1, -0.05) is 23.4 Å². The number of nitrogens with zero attached hydrogens (tertiary/aromatic N) is 1. The lowest BCUT2D eigenvalue weighted by Crippen LogP contribution is -2.29. The Morgan fingerprint density at radius 1 is 1.44 bits per heavy atom. The Morgan fingerprint density at radius 2 is 2.16 bits per heavy atom. The highest BCUT2D eigenvalue weighted by Crippen LogP contribution is 2.31. The van der Waals surface area contributed by atoms with Crippen molar-refractivity contribution in [2.75, 3.05) is 12.4 Å². The molecule has 1 aromatic carbocycles. The first-order chi connectivity index (χ1) is 11.8. The van der Waals surface area contributed by atoms with E-state index in [1.165, 1.54) is 14.0 Å².